The second-order valence-corrected chi connectivity index (χ2v) is 17.6. The minimum absolute atomic E-state index is 0.0536. The first-order valence-electron chi connectivity index (χ1n) is 20.9. The molecule has 0 aliphatic carbocycles. The maximum atomic E-state index is 14.6. The molecule has 0 fully saturated rings. The quantitative estimate of drug-likeness (QED) is 0.0967. The highest BCUT2D eigenvalue weighted by atomic mass is 35.5. The Morgan fingerprint density at radius 1 is 0.857 bits per heavy atom. The molecule has 7 rings (SSSR count). The molecule has 1 aliphatic heterocycles. The van der Waals surface area contributed by atoms with Gasteiger partial charge >= 0.3 is 5.97 Å². The van der Waals surface area contributed by atoms with Gasteiger partial charge in [0.2, 0.25) is 0 Å². The van der Waals surface area contributed by atoms with E-state index >= 15 is 0 Å². The largest absolute Gasteiger partial charge is 0.488 e. The maximum absolute atomic E-state index is 14.6. The van der Waals surface area contributed by atoms with E-state index in [1.54, 1.807) is 53.1 Å². The fraction of sp³-hybridized carbons (Fsp3) is 0.271. The zero-order valence-electron chi connectivity index (χ0n) is 35.3. The van der Waals surface area contributed by atoms with E-state index in [0.29, 0.717) is 60.4 Å². The van der Waals surface area contributed by atoms with E-state index < -0.39 is 27.8 Å². The zero-order valence-corrected chi connectivity index (χ0v) is 36.8. The number of carboxylic acid groups (broad SMARTS) is 1. The van der Waals surface area contributed by atoms with Gasteiger partial charge in [-0.2, -0.15) is 5.10 Å². The van der Waals surface area contributed by atoms with Gasteiger partial charge < -0.3 is 19.6 Å². The summed E-state index contributed by atoms with van der Waals surface area (Å²) < 4.78 is 37.4. The molecule has 5 aromatic carbocycles. The summed E-state index contributed by atoms with van der Waals surface area (Å²) >= 11 is 6.84. The van der Waals surface area contributed by atoms with Gasteiger partial charge in [-0.3, -0.25) is 14.4 Å². The van der Waals surface area contributed by atoms with Gasteiger partial charge in [-0.05, 0) is 96.8 Å². The molecule has 0 saturated heterocycles. The monoisotopic (exact) mass is 889 g/mol. The normalized spacial score (nSPS) is 12.5. The maximum Gasteiger partial charge on any atom is 0.335 e. The number of carbonyl (C=O) groups excluding carboxylic acids is 3. The van der Waals surface area contributed by atoms with Crippen LogP contribution in [0.15, 0.2) is 108 Å². The van der Waals surface area contributed by atoms with Gasteiger partial charge in [0.15, 0.2) is 5.69 Å². The number of aromatic nitrogens is 2. The summed E-state index contributed by atoms with van der Waals surface area (Å²) in [6, 6.07) is 28.0. The summed E-state index contributed by atoms with van der Waals surface area (Å²) in [5, 5.41) is 15.2. The average molecular weight is 890 g/mol. The Bertz CT molecular complexity index is 2820. The van der Waals surface area contributed by atoms with Gasteiger partial charge in [0.25, 0.3) is 27.7 Å². The van der Waals surface area contributed by atoms with E-state index in [1.165, 1.54) is 47.1 Å². The summed E-state index contributed by atoms with van der Waals surface area (Å²) in [6.45, 7) is 7.71. The number of aromatic carboxylic acids is 1. The number of halogens is 1. The van der Waals surface area contributed by atoms with Crippen molar-refractivity contribution >= 4 is 56.1 Å². The van der Waals surface area contributed by atoms with E-state index in [1.807, 2.05) is 24.3 Å². The lowest BCUT2D eigenvalue weighted by molar-refractivity contribution is 0.0693. The third-order valence-corrected chi connectivity index (χ3v) is 13.0. The van der Waals surface area contributed by atoms with Crippen LogP contribution in [0.25, 0.3) is 16.5 Å². The summed E-state index contributed by atoms with van der Waals surface area (Å²) in [5.41, 5.74) is 3.68. The molecule has 6 aromatic rings. The molecule has 0 unspecified atom stereocenters. The van der Waals surface area contributed by atoms with E-state index in [0.717, 1.165) is 36.8 Å². The molecular weight excluding hydrogens is 842 g/mol. The highest BCUT2D eigenvalue weighted by Crippen LogP contribution is 2.31. The molecule has 0 spiro atoms. The zero-order chi connectivity index (χ0) is 44.8. The Hall–Kier alpha value is -6.51. The third-order valence-electron chi connectivity index (χ3n) is 11.2. The van der Waals surface area contributed by atoms with Crippen LogP contribution in [0.2, 0.25) is 5.02 Å². The molecule has 1 aliphatic rings. The molecule has 2 heterocycles. The first kappa shape index (κ1) is 44.5. The van der Waals surface area contributed by atoms with Crippen molar-refractivity contribution in [2.24, 2.45) is 0 Å². The van der Waals surface area contributed by atoms with Gasteiger partial charge in [-0.1, -0.05) is 92.9 Å². The number of carbonyl (C=O) groups is 4. The van der Waals surface area contributed by atoms with Crippen LogP contribution in [0.3, 0.4) is 0 Å². The van der Waals surface area contributed by atoms with Gasteiger partial charge in [0.05, 0.1) is 32.4 Å². The van der Waals surface area contributed by atoms with Crippen molar-refractivity contribution in [3.8, 4) is 11.4 Å². The van der Waals surface area contributed by atoms with Crippen molar-refractivity contribution in [3.05, 3.63) is 153 Å². The Kier molecular flexibility index (Phi) is 13.6. The predicted molar refractivity (Wildman–Crippen MR) is 240 cm³/mol. The summed E-state index contributed by atoms with van der Waals surface area (Å²) in [7, 11) is -4.47. The van der Waals surface area contributed by atoms with Gasteiger partial charge in [-0.25, -0.2) is 22.6 Å². The van der Waals surface area contributed by atoms with Crippen molar-refractivity contribution in [2.75, 3.05) is 19.6 Å². The van der Waals surface area contributed by atoms with Crippen LogP contribution in [-0.4, -0.2) is 76.4 Å². The Balaban J connectivity index is 1.20. The summed E-state index contributed by atoms with van der Waals surface area (Å²) in [6.07, 6.45) is 4.05. The highest BCUT2D eigenvalue weighted by Gasteiger charge is 2.30. The summed E-state index contributed by atoms with van der Waals surface area (Å²) in [4.78, 5) is 57.0. The van der Waals surface area contributed by atoms with Gasteiger partial charge in [-0.15, -0.1) is 0 Å². The second kappa shape index (κ2) is 19.3. The molecular formula is C48H48ClN5O8S. The standard InChI is InChI=1S/C48H48ClN5O8S/c1-4-6-24-52(25-7-5-2)47(57)44-43(49)31(3)54(50-44)41-22-20-36(27-40(41)46(56)53-26-23-33-11-8-9-12-37(33)29-53)45(55)51-63(60,61)38-21-19-34-13-10-14-42(39(34)28-38)62-30-32-15-17-35(18-16-32)48(58)59/h8-22,27-28H,4-7,23-26,29-30H2,1-3H3,(H,51,55)(H,58,59). The van der Waals surface area contributed by atoms with Crippen LogP contribution in [0, 0.1) is 6.92 Å². The van der Waals surface area contributed by atoms with Crippen molar-refractivity contribution in [1.29, 1.82) is 0 Å². The highest BCUT2D eigenvalue weighted by molar-refractivity contribution is 7.90. The lowest BCUT2D eigenvalue weighted by atomic mass is 9.98. The topological polar surface area (TPSA) is 168 Å². The lowest BCUT2D eigenvalue weighted by Crippen LogP contribution is -2.37. The number of sulfonamides is 1. The van der Waals surface area contributed by atoms with E-state index in [2.05, 4.69) is 23.7 Å². The Morgan fingerprint density at radius 3 is 2.25 bits per heavy atom. The Labute approximate surface area is 371 Å². The number of carboxylic acids is 1. The molecule has 2 N–H and O–H groups in total. The predicted octanol–water partition coefficient (Wildman–Crippen LogP) is 8.62. The molecule has 15 heteroatoms. The van der Waals surface area contributed by atoms with E-state index in [-0.39, 0.29) is 50.5 Å². The van der Waals surface area contributed by atoms with Crippen LogP contribution < -0.4 is 9.46 Å². The van der Waals surface area contributed by atoms with Crippen LogP contribution in [0.4, 0.5) is 0 Å². The molecule has 63 heavy (non-hydrogen) atoms. The summed E-state index contributed by atoms with van der Waals surface area (Å²) in [5.74, 6) is -2.36. The number of nitrogens with one attached hydrogen (secondary N) is 1. The third kappa shape index (κ3) is 9.77. The molecule has 0 atom stereocenters. The lowest BCUT2D eigenvalue weighted by Gasteiger charge is -2.29. The van der Waals surface area contributed by atoms with E-state index in [9.17, 15) is 32.7 Å². The smallest absolute Gasteiger partial charge is 0.335 e. The van der Waals surface area contributed by atoms with E-state index in [4.69, 9.17) is 16.3 Å². The SMILES string of the molecule is CCCCN(CCCC)C(=O)c1nn(-c2ccc(C(=O)NS(=O)(=O)c3ccc4cccc(OCc5ccc(C(=O)O)cc5)c4c3)cc2C(=O)N2CCc3ccccc3C2)c(C)c1Cl. The van der Waals surface area contributed by atoms with Crippen LogP contribution in [0.5, 0.6) is 5.75 Å². The molecule has 0 bridgehead atoms. The fourth-order valence-corrected chi connectivity index (χ4v) is 8.75. The average Bonchev–Trinajstić information content (AvgIpc) is 3.59. The number of rotatable bonds is 16. The van der Waals surface area contributed by atoms with Crippen molar-refractivity contribution in [2.45, 2.75) is 70.9 Å². The second-order valence-electron chi connectivity index (χ2n) is 15.5. The minimum atomic E-state index is -4.47. The van der Waals surface area contributed by atoms with Crippen molar-refractivity contribution < 1.29 is 37.4 Å². The van der Waals surface area contributed by atoms with Crippen molar-refractivity contribution in [1.82, 2.24) is 24.3 Å². The fourth-order valence-electron chi connectivity index (χ4n) is 7.55. The molecule has 326 valence electrons. The first-order chi connectivity index (χ1) is 30.3. The molecule has 0 saturated carbocycles. The number of fused-ring (bicyclic) bond motifs is 2. The number of benzene rings is 5. The number of nitrogens with zero attached hydrogens (tertiary/aromatic N) is 4. The molecule has 1 aromatic heterocycles. The van der Waals surface area contributed by atoms with Gasteiger partial charge in [0, 0.05) is 37.1 Å². The number of hydrogen-bond acceptors (Lipinski definition) is 8. The van der Waals surface area contributed by atoms with Crippen LogP contribution >= 0.6 is 11.6 Å². The molecule has 0 radical (unpaired) electrons. The number of amides is 3. The minimum Gasteiger partial charge on any atom is -0.488 e. The number of unbranched alkanes of at least 4 members (excludes halogenated alkanes) is 2. The number of hydrogen-bond donors (Lipinski definition) is 2. The van der Waals surface area contributed by atoms with Crippen LogP contribution in [-0.2, 0) is 29.6 Å². The first-order valence-corrected chi connectivity index (χ1v) is 22.8. The van der Waals surface area contributed by atoms with Crippen LogP contribution in [0.1, 0.15) is 103 Å². The van der Waals surface area contributed by atoms with Crippen molar-refractivity contribution in [3.63, 3.8) is 0 Å². The Morgan fingerprint density at radius 2 is 1.56 bits per heavy atom. The number of ether oxygens (including phenoxy) is 1. The molecule has 3 amide bonds. The van der Waals surface area contributed by atoms with Gasteiger partial charge in [0.1, 0.15) is 12.4 Å². The molecule has 13 nitrogen and oxygen atoms in total.